The number of hydrogen-bond donors (Lipinski definition) is 2. The van der Waals surface area contributed by atoms with Crippen molar-refractivity contribution in [1.82, 2.24) is 19.2 Å². The number of halogens is 1. The van der Waals surface area contributed by atoms with Crippen LogP contribution in [0.15, 0.2) is 31.0 Å². The Labute approximate surface area is 235 Å². The molecule has 0 radical (unpaired) electrons. The van der Waals surface area contributed by atoms with Gasteiger partial charge in [-0.25, -0.2) is 13.4 Å². The van der Waals surface area contributed by atoms with Crippen LogP contribution in [0.3, 0.4) is 0 Å². The molecule has 39 heavy (non-hydrogen) atoms. The van der Waals surface area contributed by atoms with Crippen LogP contribution in [0, 0.1) is 0 Å². The van der Waals surface area contributed by atoms with E-state index in [0.717, 1.165) is 12.2 Å². The van der Waals surface area contributed by atoms with Crippen molar-refractivity contribution in [2.75, 3.05) is 76.2 Å². The molecule has 1 atom stereocenters. The van der Waals surface area contributed by atoms with E-state index in [9.17, 15) is 13.2 Å². The fourth-order valence-electron chi connectivity index (χ4n) is 3.98. The number of amides is 1. The Morgan fingerprint density at radius 3 is 2.67 bits per heavy atom. The third kappa shape index (κ3) is 8.43. The van der Waals surface area contributed by atoms with Crippen LogP contribution in [0.1, 0.15) is 12.8 Å². The average molecular weight is 582 g/mol. The molecule has 1 aromatic carbocycles. The average Bonchev–Trinajstić information content (AvgIpc) is 2.89. The highest BCUT2D eigenvalue weighted by Gasteiger charge is 2.28. The monoisotopic (exact) mass is 581 g/mol. The molecule has 2 heterocycles. The van der Waals surface area contributed by atoms with E-state index in [1.165, 1.54) is 22.8 Å². The molecule has 0 aliphatic carbocycles. The smallest absolute Gasteiger partial charge is 0.247 e. The summed E-state index contributed by atoms with van der Waals surface area (Å²) in [6.45, 7) is 5.72. The number of carbonyl (C=O) groups excluding carboxylic acids is 1. The number of methoxy groups -OCH3 is 1. The van der Waals surface area contributed by atoms with Crippen molar-refractivity contribution in [1.29, 1.82) is 0 Å². The lowest BCUT2D eigenvalue weighted by Gasteiger charge is -2.31. The van der Waals surface area contributed by atoms with Gasteiger partial charge in [0.05, 0.1) is 43.2 Å². The molecular formula is C25H36ClN7O5S. The number of piperidine rings is 1. The summed E-state index contributed by atoms with van der Waals surface area (Å²) in [7, 11) is 4.11. The van der Waals surface area contributed by atoms with Gasteiger partial charge in [-0.2, -0.15) is 9.29 Å². The zero-order valence-electron chi connectivity index (χ0n) is 22.9. The summed E-state index contributed by atoms with van der Waals surface area (Å²) < 4.78 is 37.0. The summed E-state index contributed by atoms with van der Waals surface area (Å²) in [5.74, 6) is 0.449. The third-order valence-corrected chi connectivity index (χ3v) is 7.63. The highest BCUT2D eigenvalue weighted by atomic mass is 35.5. The maximum atomic E-state index is 12.2. The Hall–Kier alpha value is -3.13. The van der Waals surface area contributed by atoms with E-state index >= 15 is 0 Å². The molecule has 1 aliphatic rings. The minimum Gasteiger partial charge on any atom is -0.494 e. The van der Waals surface area contributed by atoms with Gasteiger partial charge in [-0.15, -0.1) is 0 Å². The number of ether oxygens (including phenoxy) is 2. The molecule has 2 aromatic rings. The molecular weight excluding hydrogens is 546 g/mol. The van der Waals surface area contributed by atoms with Crippen molar-refractivity contribution in [3.63, 3.8) is 0 Å². The van der Waals surface area contributed by atoms with E-state index in [0.29, 0.717) is 43.1 Å². The number of carbonyl (C=O) groups is 1. The molecule has 1 aliphatic heterocycles. The molecule has 3 rings (SSSR count). The highest BCUT2D eigenvalue weighted by Crippen LogP contribution is 2.38. The van der Waals surface area contributed by atoms with Crippen LogP contribution in [0.5, 0.6) is 11.6 Å². The normalized spacial score (nSPS) is 16.0. The molecule has 0 spiro atoms. The molecule has 0 saturated carbocycles. The van der Waals surface area contributed by atoms with Crippen LogP contribution >= 0.6 is 11.6 Å². The lowest BCUT2D eigenvalue weighted by molar-refractivity contribution is -0.111. The molecule has 12 nitrogen and oxygen atoms in total. The van der Waals surface area contributed by atoms with Crippen molar-refractivity contribution in [2.45, 2.75) is 18.9 Å². The topological polar surface area (TPSA) is 129 Å². The second kappa shape index (κ2) is 13.3. The Balaban J connectivity index is 1.89. The molecule has 2 N–H and O–H groups in total. The summed E-state index contributed by atoms with van der Waals surface area (Å²) >= 11 is 6.31. The SMILES string of the molecule is C=CC(=O)Nc1cc(Nc2ncc(Cl)c(O[C@@H]3CCCN(S(C)(=O)=O)C3)n2)c(OC)cc1N(C)CCN(C)C. The number of benzene rings is 1. The number of nitrogens with one attached hydrogen (secondary N) is 2. The van der Waals surface area contributed by atoms with Gasteiger partial charge in [0.1, 0.15) is 16.9 Å². The zero-order valence-corrected chi connectivity index (χ0v) is 24.5. The Morgan fingerprint density at radius 2 is 2.03 bits per heavy atom. The van der Waals surface area contributed by atoms with Gasteiger partial charge in [-0.1, -0.05) is 18.2 Å². The maximum absolute atomic E-state index is 12.2. The minimum atomic E-state index is -3.33. The Bertz CT molecular complexity index is 1290. The van der Waals surface area contributed by atoms with E-state index < -0.39 is 16.1 Å². The first kappa shape index (κ1) is 30.4. The Morgan fingerprint density at radius 1 is 1.28 bits per heavy atom. The first-order chi connectivity index (χ1) is 18.4. The molecule has 14 heteroatoms. The lowest BCUT2D eigenvalue weighted by atomic mass is 10.1. The standard InChI is InChI=1S/C25H36ClN7O5S/c1-7-23(34)28-19-13-20(22(37-5)14-21(19)32(4)12-11-31(2)3)29-25-27-15-18(26)24(30-25)38-17-9-8-10-33(16-17)39(6,35)36/h7,13-15,17H,1,8-12,16H2,2-6H3,(H,28,34)(H,27,29,30)/t17-/m1/s1. The van der Waals surface area contributed by atoms with E-state index in [-0.39, 0.29) is 29.3 Å². The Kier molecular flexibility index (Phi) is 10.4. The molecule has 1 aromatic heterocycles. The van der Waals surface area contributed by atoms with Gasteiger partial charge < -0.3 is 29.9 Å². The quantitative estimate of drug-likeness (QED) is 0.361. The molecule has 1 fully saturated rings. The molecule has 1 amide bonds. The van der Waals surface area contributed by atoms with E-state index in [4.69, 9.17) is 21.1 Å². The molecule has 1 saturated heterocycles. The molecule has 0 unspecified atom stereocenters. The van der Waals surface area contributed by atoms with Crippen LogP contribution in [0.2, 0.25) is 5.02 Å². The van der Waals surface area contributed by atoms with Crippen molar-refractivity contribution in [3.05, 3.63) is 36.0 Å². The van der Waals surface area contributed by atoms with Crippen molar-refractivity contribution in [3.8, 4) is 11.6 Å². The number of nitrogens with zero attached hydrogens (tertiary/aromatic N) is 5. The van der Waals surface area contributed by atoms with Crippen molar-refractivity contribution < 1.29 is 22.7 Å². The van der Waals surface area contributed by atoms with E-state index in [2.05, 4.69) is 32.1 Å². The summed E-state index contributed by atoms with van der Waals surface area (Å²) in [4.78, 5) is 24.9. The summed E-state index contributed by atoms with van der Waals surface area (Å²) in [5, 5.41) is 6.16. The predicted octanol–water partition coefficient (Wildman–Crippen LogP) is 2.81. The van der Waals surface area contributed by atoms with Gasteiger partial charge in [-0.3, -0.25) is 4.79 Å². The highest BCUT2D eigenvalue weighted by molar-refractivity contribution is 7.88. The largest absolute Gasteiger partial charge is 0.494 e. The second-order valence-electron chi connectivity index (χ2n) is 9.46. The number of rotatable bonds is 12. The fraction of sp³-hybridized carbons (Fsp3) is 0.480. The minimum absolute atomic E-state index is 0.133. The number of sulfonamides is 1. The van der Waals surface area contributed by atoms with Crippen LogP contribution < -0.4 is 25.0 Å². The van der Waals surface area contributed by atoms with E-state index in [1.807, 2.05) is 32.1 Å². The van der Waals surface area contributed by atoms with Crippen LogP contribution in [0.4, 0.5) is 23.0 Å². The molecule has 214 valence electrons. The predicted molar refractivity (Wildman–Crippen MR) is 154 cm³/mol. The maximum Gasteiger partial charge on any atom is 0.247 e. The first-order valence-electron chi connectivity index (χ1n) is 12.3. The first-order valence-corrected chi connectivity index (χ1v) is 14.6. The van der Waals surface area contributed by atoms with Gasteiger partial charge in [0.15, 0.2) is 0 Å². The van der Waals surface area contributed by atoms with Crippen molar-refractivity contribution in [2.24, 2.45) is 0 Å². The van der Waals surface area contributed by atoms with Gasteiger partial charge in [0.25, 0.3) is 0 Å². The van der Waals surface area contributed by atoms with Gasteiger partial charge in [0.2, 0.25) is 27.8 Å². The fourth-order valence-corrected chi connectivity index (χ4v) is 5.01. The molecule has 0 bridgehead atoms. The number of hydrogen-bond acceptors (Lipinski definition) is 10. The summed E-state index contributed by atoms with van der Waals surface area (Å²) in [6.07, 6.45) is 4.71. The second-order valence-corrected chi connectivity index (χ2v) is 11.9. The van der Waals surface area contributed by atoms with Crippen LogP contribution in [-0.4, -0.2) is 100 Å². The number of anilines is 4. The van der Waals surface area contributed by atoms with Crippen molar-refractivity contribution >= 4 is 50.5 Å². The summed E-state index contributed by atoms with van der Waals surface area (Å²) in [6, 6.07) is 3.54. The summed E-state index contributed by atoms with van der Waals surface area (Å²) in [5.41, 5.74) is 1.79. The third-order valence-electron chi connectivity index (χ3n) is 6.10. The number of likely N-dealkylation sites (N-methyl/N-ethyl adjacent to an activating group) is 2. The van der Waals surface area contributed by atoms with Crippen LogP contribution in [-0.2, 0) is 14.8 Å². The van der Waals surface area contributed by atoms with Crippen LogP contribution in [0.25, 0.3) is 0 Å². The van der Waals surface area contributed by atoms with Gasteiger partial charge >= 0.3 is 0 Å². The van der Waals surface area contributed by atoms with Gasteiger partial charge in [0, 0.05) is 32.7 Å². The number of aromatic nitrogens is 2. The van der Waals surface area contributed by atoms with Gasteiger partial charge in [-0.05, 0) is 39.1 Å². The lowest BCUT2D eigenvalue weighted by Crippen LogP contribution is -2.43. The van der Waals surface area contributed by atoms with E-state index in [1.54, 1.807) is 13.2 Å². The zero-order chi connectivity index (χ0) is 28.7.